The number of aryl methyl sites for hydroxylation is 2. The first kappa shape index (κ1) is 31.6. The third-order valence-electron chi connectivity index (χ3n) is 8.06. The number of carbonyl (C=O) groups excluding carboxylic acids is 2. The van der Waals surface area contributed by atoms with Crippen molar-refractivity contribution >= 4 is 29.7 Å². The summed E-state index contributed by atoms with van der Waals surface area (Å²) in [5.74, 6) is -0.351. The maximum Gasteiger partial charge on any atom is 0.251 e. The topological polar surface area (TPSA) is 110 Å². The van der Waals surface area contributed by atoms with Crippen LogP contribution in [0.4, 0.5) is 5.95 Å². The molecule has 4 N–H and O–H groups in total. The van der Waals surface area contributed by atoms with Gasteiger partial charge in [-0.2, -0.15) is 0 Å². The van der Waals surface area contributed by atoms with E-state index in [1.54, 1.807) is 12.1 Å². The standard InChI is InChI=1S/C37H36ClN5O2/c1-25-20-26(2)32(21-31(25)33-22-34(38)43-36(39)42-33)35(45)40-23-27(18-19-44)24-41-37(28-12-6-3-7-13-28,29-14-8-4-9-15-29)30-16-10-5-11-17-30/h3-17,19-22,27,41H,18,23-24H2,1-2H3,(H,40,45)(H2,39,42,43). The summed E-state index contributed by atoms with van der Waals surface area (Å²) in [6, 6.07) is 36.2. The minimum absolute atomic E-state index is 0.0604. The average Bonchev–Trinajstić information content (AvgIpc) is 3.05. The molecule has 5 aromatic rings. The number of hydrogen-bond acceptors (Lipinski definition) is 6. The normalized spacial score (nSPS) is 12.0. The molecule has 0 aliphatic rings. The van der Waals surface area contributed by atoms with Gasteiger partial charge in [0.1, 0.15) is 11.4 Å². The third kappa shape index (κ3) is 7.11. The van der Waals surface area contributed by atoms with Crippen molar-refractivity contribution in [1.82, 2.24) is 20.6 Å². The monoisotopic (exact) mass is 617 g/mol. The van der Waals surface area contributed by atoms with Crippen LogP contribution < -0.4 is 16.4 Å². The Kier molecular flexibility index (Phi) is 10.0. The maximum atomic E-state index is 13.6. The van der Waals surface area contributed by atoms with Gasteiger partial charge in [0.25, 0.3) is 5.91 Å². The van der Waals surface area contributed by atoms with Gasteiger partial charge in [0.15, 0.2) is 0 Å². The summed E-state index contributed by atoms with van der Waals surface area (Å²) in [4.78, 5) is 33.7. The Balaban J connectivity index is 1.42. The fraction of sp³-hybridized carbons (Fsp3) is 0.189. The van der Waals surface area contributed by atoms with Crippen LogP contribution in [0.15, 0.2) is 109 Å². The Bertz CT molecular complexity index is 1650. The highest BCUT2D eigenvalue weighted by atomic mass is 35.5. The van der Waals surface area contributed by atoms with Crippen molar-refractivity contribution in [2.24, 2.45) is 5.92 Å². The zero-order valence-electron chi connectivity index (χ0n) is 25.3. The van der Waals surface area contributed by atoms with E-state index in [9.17, 15) is 9.59 Å². The second-order valence-electron chi connectivity index (χ2n) is 11.1. The molecular weight excluding hydrogens is 582 g/mol. The number of nitrogens with two attached hydrogens (primary N) is 1. The first-order valence-corrected chi connectivity index (χ1v) is 15.2. The number of nitrogens with zero attached hydrogens (tertiary/aromatic N) is 2. The molecule has 7 nitrogen and oxygen atoms in total. The number of aldehydes is 1. The Morgan fingerprint density at radius 3 is 1.89 bits per heavy atom. The molecule has 4 aromatic carbocycles. The molecule has 45 heavy (non-hydrogen) atoms. The van der Waals surface area contributed by atoms with Gasteiger partial charge in [-0.1, -0.05) is 109 Å². The predicted octanol–water partition coefficient (Wildman–Crippen LogP) is 6.51. The quantitative estimate of drug-likeness (QED) is 0.0836. The van der Waals surface area contributed by atoms with Crippen molar-refractivity contribution in [1.29, 1.82) is 0 Å². The predicted molar refractivity (Wildman–Crippen MR) is 180 cm³/mol. The summed E-state index contributed by atoms with van der Waals surface area (Å²) in [6.07, 6.45) is 1.19. The molecule has 8 heteroatoms. The lowest BCUT2D eigenvalue weighted by atomic mass is 9.76. The molecule has 1 amide bonds. The Labute approximate surface area is 268 Å². The lowest BCUT2D eigenvalue weighted by Crippen LogP contribution is -2.48. The fourth-order valence-corrected chi connectivity index (χ4v) is 6.01. The van der Waals surface area contributed by atoms with E-state index >= 15 is 0 Å². The summed E-state index contributed by atoms with van der Waals surface area (Å²) < 4.78 is 0. The number of nitrogens with one attached hydrogen (secondary N) is 2. The molecule has 1 heterocycles. The van der Waals surface area contributed by atoms with Gasteiger partial charge in [-0.25, -0.2) is 9.97 Å². The number of amides is 1. The summed E-state index contributed by atoms with van der Waals surface area (Å²) in [7, 11) is 0. The number of anilines is 1. The summed E-state index contributed by atoms with van der Waals surface area (Å²) >= 11 is 6.13. The summed E-state index contributed by atoms with van der Waals surface area (Å²) in [6.45, 7) is 4.61. The number of benzene rings is 4. The lowest BCUT2D eigenvalue weighted by molar-refractivity contribution is -0.108. The third-order valence-corrected chi connectivity index (χ3v) is 8.25. The Morgan fingerprint density at radius 2 is 1.38 bits per heavy atom. The zero-order chi connectivity index (χ0) is 31.8. The molecule has 5 rings (SSSR count). The maximum absolute atomic E-state index is 13.6. The number of carbonyl (C=O) groups is 2. The zero-order valence-corrected chi connectivity index (χ0v) is 26.1. The van der Waals surface area contributed by atoms with Crippen molar-refractivity contribution in [2.75, 3.05) is 18.8 Å². The molecule has 0 bridgehead atoms. The van der Waals surface area contributed by atoms with Gasteiger partial charge in [-0.15, -0.1) is 0 Å². The van der Waals surface area contributed by atoms with E-state index < -0.39 is 5.54 Å². The van der Waals surface area contributed by atoms with Gasteiger partial charge in [-0.3, -0.25) is 10.1 Å². The second-order valence-corrected chi connectivity index (χ2v) is 11.5. The second kappa shape index (κ2) is 14.3. The van der Waals surface area contributed by atoms with Crippen LogP contribution in [-0.2, 0) is 10.3 Å². The van der Waals surface area contributed by atoms with Crippen molar-refractivity contribution in [3.8, 4) is 11.3 Å². The molecular formula is C37H36ClN5O2. The number of halogens is 1. The van der Waals surface area contributed by atoms with Crippen molar-refractivity contribution < 1.29 is 9.59 Å². The molecule has 0 aliphatic carbocycles. The van der Waals surface area contributed by atoms with E-state index in [0.29, 0.717) is 24.3 Å². The molecule has 0 fully saturated rings. The highest BCUT2D eigenvalue weighted by Gasteiger charge is 2.36. The Morgan fingerprint density at radius 1 is 0.822 bits per heavy atom. The minimum atomic E-state index is -0.683. The van der Waals surface area contributed by atoms with E-state index in [4.69, 9.17) is 17.3 Å². The number of nitrogen functional groups attached to an aromatic ring is 1. The largest absolute Gasteiger partial charge is 0.368 e. The molecule has 0 spiro atoms. The molecule has 228 valence electrons. The SMILES string of the molecule is Cc1cc(C)c(-c2cc(Cl)nc(N)n2)cc1C(=O)NCC(CC=O)CNC(c1ccccc1)(c1ccccc1)c1ccccc1. The van der Waals surface area contributed by atoms with Gasteiger partial charge in [0.2, 0.25) is 5.95 Å². The van der Waals surface area contributed by atoms with E-state index in [0.717, 1.165) is 39.7 Å². The molecule has 1 atom stereocenters. The van der Waals surface area contributed by atoms with Crippen LogP contribution in [0.5, 0.6) is 0 Å². The van der Waals surface area contributed by atoms with Crippen molar-refractivity contribution in [2.45, 2.75) is 25.8 Å². The van der Waals surface area contributed by atoms with Crippen LogP contribution in [0, 0.1) is 19.8 Å². The summed E-state index contributed by atoms with van der Waals surface area (Å²) in [5, 5.41) is 7.15. The fourth-order valence-electron chi connectivity index (χ4n) is 5.82. The van der Waals surface area contributed by atoms with Gasteiger partial charge in [0.05, 0.1) is 11.2 Å². The lowest BCUT2D eigenvalue weighted by Gasteiger charge is -2.38. The molecule has 1 unspecified atom stereocenters. The van der Waals surface area contributed by atoms with Gasteiger partial charge < -0.3 is 15.8 Å². The van der Waals surface area contributed by atoms with E-state index in [1.165, 1.54) is 0 Å². The van der Waals surface area contributed by atoms with Gasteiger partial charge >= 0.3 is 0 Å². The van der Waals surface area contributed by atoms with Crippen LogP contribution in [0.2, 0.25) is 5.15 Å². The molecule has 0 saturated carbocycles. The van der Waals surface area contributed by atoms with Crippen molar-refractivity contribution in [3.05, 3.63) is 148 Å². The number of rotatable bonds is 12. The van der Waals surface area contributed by atoms with Crippen LogP contribution in [0.1, 0.15) is 44.6 Å². The van der Waals surface area contributed by atoms with Crippen LogP contribution >= 0.6 is 11.6 Å². The van der Waals surface area contributed by atoms with E-state index in [2.05, 4.69) is 57.0 Å². The van der Waals surface area contributed by atoms with Gasteiger partial charge in [0, 0.05) is 36.7 Å². The molecule has 0 radical (unpaired) electrons. The minimum Gasteiger partial charge on any atom is -0.368 e. The van der Waals surface area contributed by atoms with Crippen LogP contribution in [0.3, 0.4) is 0 Å². The first-order chi connectivity index (χ1) is 21.8. The molecule has 1 aromatic heterocycles. The first-order valence-electron chi connectivity index (χ1n) is 14.9. The van der Waals surface area contributed by atoms with Gasteiger partial charge in [-0.05, 0) is 53.6 Å². The average molecular weight is 618 g/mol. The van der Waals surface area contributed by atoms with Crippen molar-refractivity contribution in [3.63, 3.8) is 0 Å². The smallest absolute Gasteiger partial charge is 0.251 e. The van der Waals surface area contributed by atoms with E-state index in [-0.39, 0.29) is 29.3 Å². The van der Waals surface area contributed by atoms with E-state index in [1.807, 2.05) is 74.5 Å². The Hall–Kier alpha value is -4.85. The molecule has 0 aliphatic heterocycles. The summed E-state index contributed by atoms with van der Waals surface area (Å²) in [5.41, 5.74) is 11.9. The van der Waals surface area contributed by atoms with Crippen LogP contribution in [-0.4, -0.2) is 35.3 Å². The van der Waals surface area contributed by atoms with Crippen LogP contribution in [0.25, 0.3) is 11.3 Å². The number of hydrogen-bond donors (Lipinski definition) is 3. The highest BCUT2D eigenvalue weighted by Crippen LogP contribution is 2.37. The highest BCUT2D eigenvalue weighted by molar-refractivity contribution is 6.29. The number of aromatic nitrogens is 2. The molecule has 0 saturated heterocycles.